The summed E-state index contributed by atoms with van der Waals surface area (Å²) in [5.74, 6) is -2.04. The molecule has 1 aliphatic rings. The number of rotatable bonds is 5. The van der Waals surface area contributed by atoms with Crippen molar-refractivity contribution in [1.82, 2.24) is 4.98 Å². The maximum Gasteiger partial charge on any atom is 0.257 e. The Morgan fingerprint density at radius 1 is 0.861 bits per heavy atom. The second kappa shape index (κ2) is 9.47. The maximum atomic E-state index is 13.0. The smallest absolute Gasteiger partial charge is 0.257 e. The minimum atomic E-state index is -1.32. The van der Waals surface area contributed by atoms with E-state index in [1.54, 1.807) is 36.4 Å². The topological polar surface area (TPSA) is 74.0 Å². The molecule has 2 atom stereocenters. The first kappa shape index (κ1) is 25.2. The van der Waals surface area contributed by atoms with Gasteiger partial charge in [-0.15, -0.1) is 23.2 Å². The van der Waals surface area contributed by atoms with Gasteiger partial charge in [0.2, 0.25) is 5.91 Å². The third-order valence-electron chi connectivity index (χ3n) is 6.07. The molecule has 3 aromatic carbocycles. The maximum absolute atomic E-state index is 13.0. The monoisotopic (exact) mass is 579 g/mol. The molecule has 0 aliphatic heterocycles. The fourth-order valence-corrected chi connectivity index (χ4v) is 5.95. The Morgan fingerprint density at radius 3 is 2.25 bits per heavy atom. The number of carbonyl (C=O) groups is 2. The lowest BCUT2D eigenvalue weighted by Crippen LogP contribution is -2.18. The van der Waals surface area contributed by atoms with Crippen LogP contribution in [0.4, 0.5) is 11.4 Å². The summed E-state index contributed by atoms with van der Waals surface area (Å²) in [6.07, 6.45) is 0. The van der Waals surface area contributed by atoms with Crippen molar-refractivity contribution in [2.45, 2.75) is 17.2 Å². The van der Waals surface area contributed by atoms with Crippen LogP contribution in [-0.2, 0) is 4.79 Å². The predicted octanol–water partition coefficient (Wildman–Crippen LogP) is 8.21. The van der Waals surface area contributed by atoms with E-state index >= 15 is 0 Å². The van der Waals surface area contributed by atoms with Crippen LogP contribution in [0.3, 0.4) is 0 Å². The van der Waals surface area contributed by atoms with Gasteiger partial charge in [-0.05, 0) is 73.2 Å². The number of aromatic nitrogens is 1. The highest BCUT2D eigenvalue weighted by Gasteiger charge is 2.67. The largest absolute Gasteiger partial charge is 0.359 e. The molecule has 2 amide bonds. The van der Waals surface area contributed by atoms with Gasteiger partial charge in [0.25, 0.3) is 5.91 Å². The summed E-state index contributed by atoms with van der Waals surface area (Å²) in [4.78, 5) is 29.3. The molecule has 10 heteroatoms. The highest BCUT2D eigenvalue weighted by Crippen LogP contribution is 2.65. The van der Waals surface area contributed by atoms with Gasteiger partial charge in [0.05, 0.1) is 16.5 Å². The number of aromatic amines is 1. The summed E-state index contributed by atoms with van der Waals surface area (Å²) in [5, 5.41) is 7.70. The Hall–Kier alpha value is -2.41. The van der Waals surface area contributed by atoms with Gasteiger partial charge in [0.15, 0.2) is 0 Å². The fourth-order valence-electron chi connectivity index (χ4n) is 4.37. The van der Waals surface area contributed by atoms with Crippen LogP contribution in [0, 0.1) is 12.8 Å². The molecule has 5 nitrogen and oxygen atoms in total. The zero-order valence-corrected chi connectivity index (χ0v) is 22.4. The van der Waals surface area contributed by atoms with E-state index in [1.807, 2.05) is 25.1 Å². The molecule has 5 rings (SSSR count). The van der Waals surface area contributed by atoms with Gasteiger partial charge in [-0.1, -0.05) is 34.8 Å². The number of H-pyrrole nitrogens is 1. The number of aryl methyl sites for hydroxylation is 1. The number of nitrogens with one attached hydrogen (secondary N) is 3. The number of anilines is 2. The third kappa shape index (κ3) is 4.91. The summed E-state index contributed by atoms with van der Waals surface area (Å²) in [6.45, 7) is 1.96. The molecule has 36 heavy (non-hydrogen) atoms. The van der Waals surface area contributed by atoms with Gasteiger partial charge in [0.1, 0.15) is 4.33 Å². The summed E-state index contributed by atoms with van der Waals surface area (Å²) >= 11 is 31.4. The molecule has 1 fully saturated rings. The number of hydrogen-bond donors (Lipinski definition) is 3. The van der Waals surface area contributed by atoms with Crippen LogP contribution in [0.2, 0.25) is 15.1 Å². The average molecular weight is 582 g/mol. The molecule has 1 saturated carbocycles. The minimum absolute atomic E-state index is 0.205. The van der Waals surface area contributed by atoms with Gasteiger partial charge in [-0.2, -0.15) is 0 Å². The molecule has 1 aliphatic carbocycles. The van der Waals surface area contributed by atoms with Crippen molar-refractivity contribution in [1.29, 1.82) is 0 Å². The van der Waals surface area contributed by atoms with Crippen molar-refractivity contribution in [2.75, 3.05) is 10.6 Å². The standard InChI is InChI=1S/C26H18Cl5N3O2/c1-12-6-13-9-17(3-5-21(13)32-12)33-24(35)19-11-18(2-4-20(19)29)34-25(36)23-22(26(23,30)31)14-7-15(27)10-16(28)8-14/h2-11,22-23,32H,1H3,(H,33,35)(H,34,36)/t22-,23+/m0/s1. The van der Waals surface area contributed by atoms with Crippen LogP contribution >= 0.6 is 58.0 Å². The van der Waals surface area contributed by atoms with E-state index in [-0.39, 0.29) is 10.6 Å². The fraction of sp³-hybridized carbons (Fsp3) is 0.154. The van der Waals surface area contributed by atoms with Crippen molar-refractivity contribution in [3.8, 4) is 0 Å². The van der Waals surface area contributed by atoms with Gasteiger partial charge < -0.3 is 15.6 Å². The van der Waals surface area contributed by atoms with Crippen molar-refractivity contribution in [2.24, 2.45) is 5.92 Å². The molecular formula is C26H18Cl5N3O2. The summed E-state index contributed by atoms with van der Waals surface area (Å²) < 4.78 is -1.32. The predicted molar refractivity (Wildman–Crippen MR) is 148 cm³/mol. The Balaban J connectivity index is 1.32. The van der Waals surface area contributed by atoms with Gasteiger partial charge in [-0.3, -0.25) is 9.59 Å². The summed E-state index contributed by atoms with van der Waals surface area (Å²) in [5.41, 5.74) is 3.87. The van der Waals surface area contributed by atoms with E-state index in [9.17, 15) is 9.59 Å². The number of carbonyl (C=O) groups excluding carboxylic acids is 2. The van der Waals surface area contributed by atoms with E-state index in [1.165, 1.54) is 6.07 Å². The van der Waals surface area contributed by atoms with Crippen molar-refractivity contribution >= 4 is 92.1 Å². The molecule has 1 aromatic heterocycles. The zero-order valence-electron chi connectivity index (χ0n) is 18.6. The Labute approximate surface area is 232 Å². The lowest BCUT2D eigenvalue weighted by atomic mass is 10.1. The normalized spacial score (nSPS) is 18.2. The van der Waals surface area contributed by atoms with E-state index in [0.717, 1.165) is 16.6 Å². The zero-order chi connectivity index (χ0) is 25.8. The summed E-state index contributed by atoms with van der Waals surface area (Å²) in [7, 11) is 0. The molecular weight excluding hydrogens is 564 g/mol. The molecule has 1 heterocycles. The lowest BCUT2D eigenvalue weighted by molar-refractivity contribution is -0.117. The van der Waals surface area contributed by atoms with E-state index in [4.69, 9.17) is 58.0 Å². The van der Waals surface area contributed by atoms with Crippen LogP contribution in [0.5, 0.6) is 0 Å². The molecule has 0 radical (unpaired) electrons. The van der Waals surface area contributed by atoms with Crippen LogP contribution in [0.25, 0.3) is 10.9 Å². The van der Waals surface area contributed by atoms with E-state index in [0.29, 0.717) is 27.0 Å². The van der Waals surface area contributed by atoms with Crippen molar-refractivity contribution in [3.05, 3.63) is 92.6 Å². The number of fused-ring (bicyclic) bond motifs is 1. The molecule has 0 saturated heterocycles. The third-order valence-corrected chi connectivity index (χ3v) is 7.78. The molecule has 0 bridgehead atoms. The minimum Gasteiger partial charge on any atom is -0.359 e. The number of benzene rings is 3. The van der Waals surface area contributed by atoms with Crippen LogP contribution in [-0.4, -0.2) is 21.1 Å². The first-order valence-corrected chi connectivity index (χ1v) is 12.8. The number of hydrogen-bond acceptors (Lipinski definition) is 2. The molecule has 184 valence electrons. The molecule has 0 unspecified atom stereocenters. The van der Waals surface area contributed by atoms with Crippen molar-refractivity contribution < 1.29 is 9.59 Å². The first-order valence-electron chi connectivity index (χ1n) is 10.9. The second-order valence-electron chi connectivity index (χ2n) is 8.73. The van der Waals surface area contributed by atoms with E-state index < -0.39 is 28.0 Å². The van der Waals surface area contributed by atoms with E-state index in [2.05, 4.69) is 15.6 Å². The average Bonchev–Trinajstić information content (AvgIpc) is 3.18. The van der Waals surface area contributed by atoms with Gasteiger partial charge in [0, 0.05) is 43.9 Å². The SMILES string of the molecule is Cc1cc2cc(NC(=O)c3cc(NC(=O)[C@H]4[C@H](c5cc(Cl)cc(Cl)c5)C4(Cl)Cl)ccc3Cl)ccc2[nH]1. The number of halogens is 5. The summed E-state index contributed by atoms with van der Waals surface area (Å²) in [6, 6.07) is 17.1. The Morgan fingerprint density at radius 2 is 1.53 bits per heavy atom. The number of alkyl halides is 2. The van der Waals surface area contributed by atoms with Crippen LogP contribution < -0.4 is 10.6 Å². The Bertz CT molecular complexity index is 1510. The second-order valence-corrected chi connectivity index (χ2v) is 11.4. The van der Waals surface area contributed by atoms with Crippen LogP contribution in [0.1, 0.15) is 27.5 Å². The molecule has 3 N–H and O–H groups in total. The van der Waals surface area contributed by atoms with Gasteiger partial charge >= 0.3 is 0 Å². The Kier molecular flexibility index (Phi) is 6.64. The first-order chi connectivity index (χ1) is 17.0. The van der Waals surface area contributed by atoms with Crippen LogP contribution in [0.15, 0.2) is 60.7 Å². The molecule has 4 aromatic rings. The number of amides is 2. The molecule has 0 spiro atoms. The van der Waals surface area contributed by atoms with Gasteiger partial charge in [-0.25, -0.2) is 0 Å². The highest BCUT2D eigenvalue weighted by molar-refractivity contribution is 6.53. The quantitative estimate of drug-likeness (QED) is 0.208. The lowest BCUT2D eigenvalue weighted by Gasteiger charge is -2.10. The van der Waals surface area contributed by atoms with Crippen molar-refractivity contribution in [3.63, 3.8) is 0 Å². The highest BCUT2D eigenvalue weighted by atomic mass is 35.5.